The van der Waals surface area contributed by atoms with E-state index in [1.165, 1.54) is 17.7 Å². The molecule has 1 aromatic heterocycles. The van der Waals surface area contributed by atoms with Gasteiger partial charge in [-0.05, 0) is 36.9 Å². The highest BCUT2D eigenvalue weighted by Gasteiger charge is 2.50. The maximum atomic E-state index is 5.93. The average molecular weight is 209 g/mol. The molecule has 0 unspecified atom stereocenters. The van der Waals surface area contributed by atoms with Crippen LogP contribution in [0.3, 0.4) is 0 Å². The van der Waals surface area contributed by atoms with E-state index in [2.05, 4.69) is 16.8 Å². The lowest BCUT2D eigenvalue weighted by molar-refractivity contribution is 0.0261. The Morgan fingerprint density at radius 3 is 3.21 bits per heavy atom. The fraction of sp³-hybridized carbons (Fsp3) is 0.636. The van der Waals surface area contributed by atoms with Crippen molar-refractivity contribution >= 4 is 11.3 Å². The minimum absolute atomic E-state index is 0.293. The molecular formula is C11H15NOS. The van der Waals surface area contributed by atoms with Gasteiger partial charge in [0, 0.05) is 16.8 Å². The average Bonchev–Trinajstić information content (AvgIpc) is 2.78. The summed E-state index contributed by atoms with van der Waals surface area (Å²) in [7, 11) is 1.98. The fourth-order valence-corrected chi connectivity index (χ4v) is 3.39. The number of thiophene rings is 1. The standard InChI is InChI=1S/C11H15NOS/c1-12-6-9-10-8(2-5-14-10)11(3-4-11)7-13-9/h2,5,9,12H,3-4,6-7H2,1H3/t9-/m1/s1. The molecule has 76 valence electrons. The molecule has 0 aromatic carbocycles. The lowest BCUT2D eigenvalue weighted by atomic mass is 9.93. The van der Waals surface area contributed by atoms with E-state index in [0.717, 1.165) is 13.2 Å². The van der Waals surface area contributed by atoms with Gasteiger partial charge in [-0.25, -0.2) is 0 Å². The van der Waals surface area contributed by atoms with Crippen molar-refractivity contribution in [3.63, 3.8) is 0 Å². The van der Waals surface area contributed by atoms with Crippen molar-refractivity contribution in [2.24, 2.45) is 0 Å². The smallest absolute Gasteiger partial charge is 0.104 e. The van der Waals surface area contributed by atoms with Crippen LogP contribution in [-0.4, -0.2) is 20.2 Å². The van der Waals surface area contributed by atoms with Crippen molar-refractivity contribution < 1.29 is 4.74 Å². The Labute approximate surface area is 88.3 Å². The van der Waals surface area contributed by atoms with Gasteiger partial charge in [-0.15, -0.1) is 11.3 Å². The summed E-state index contributed by atoms with van der Waals surface area (Å²) in [5.74, 6) is 0. The number of hydrogen-bond acceptors (Lipinski definition) is 3. The first-order chi connectivity index (χ1) is 6.86. The van der Waals surface area contributed by atoms with Crippen LogP contribution < -0.4 is 5.32 Å². The Morgan fingerprint density at radius 2 is 2.50 bits per heavy atom. The molecule has 3 heteroatoms. The number of fused-ring (bicyclic) bond motifs is 2. The minimum atomic E-state index is 0.293. The summed E-state index contributed by atoms with van der Waals surface area (Å²) in [6.07, 6.45) is 2.94. The maximum Gasteiger partial charge on any atom is 0.104 e. The van der Waals surface area contributed by atoms with Gasteiger partial charge in [0.1, 0.15) is 6.10 Å². The van der Waals surface area contributed by atoms with Crippen molar-refractivity contribution in [1.82, 2.24) is 5.32 Å². The van der Waals surface area contributed by atoms with Gasteiger partial charge in [-0.3, -0.25) is 0 Å². The predicted molar refractivity (Wildman–Crippen MR) is 57.9 cm³/mol. The highest BCUT2D eigenvalue weighted by molar-refractivity contribution is 7.10. The Balaban J connectivity index is 1.96. The molecule has 1 fully saturated rings. The van der Waals surface area contributed by atoms with Gasteiger partial charge in [-0.1, -0.05) is 0 Å². The first-order valence-corrected chi connectivity index (χ1v) is 6.08. The number of hydrogen-bond donors (Lipinski definition) is 1. The summed E-state index contributed by atoms with van der Waals surface area (Å²) in [5, 5.41) is 5.41. The van der Waals surface area contributed by atoms with E-state index in [9.17, 15) is 0 Å². The van der Waals surface area contributed by atoms with Gasteiger partial charge < -0.3 is 10.1 Å². The zero-order valence-electron chi connectivity index (χ0n) is 8.38. The van der Waals surface area contributed by atoms with Crippen molar-refractivity contribution in [1.29, 1.82) is 0 Å². The largest absolute Gasteiger partial charge is 0.370 e. The number of ether oxygens (including phenoxy) is 1. The van der Waals surface area contributed by atoms with Gasteiger partial charge in [0.05, 0.1) is 6.61 Å². The van der Waals surface area contributed by atoms with E-state index in [0.29, 0.717) is 11.5 Å². The first kappa shape index (κ1) is 8.89. The number of likely N-dealkylation sites (N-methyl/N-ethyl adjacent to an activating group) is 1. The second-order valence-corrected chi connectivity index (χ2v) is 5.28. The predicted octanol–water partition coefficient (Wildman–Crippen LogP) is 2.07. The molecule has 1 spiro atoms. The van der Waals surface area contributed by atoms with Crippen LogP contribution in [0, 0.1) is 0 Å². The second-order valence-electron chi connectivity index (χ2n) is 4.34. The van der Waals surface area contributed by atoms with Crippen LogP contribution >= 0.6 is 11.3 Å². The maximum absolute atomic E-state index is 5.93. The molecule has 2 nitrogen and oxygen atoms in total. The lowest BCUT2D eigenvalue weighted by Gasteiger charge is -2.29. The molecule has 0 radical (unpaired) electrons. The van der Waals surface area contributed by atoms with E-state index in [-0.39, 0.29) is 0 Å². The lowest BCUT2D eigenvalue weighted by Crippen LogP contribution is -2.29. The molecule has 0 saturated heterocycles. The Morgan fingerprint density at radius 1 is 1.64 bits per heavy atom. The van der Waals surface area contributed by atoms with Gasteiger partial charge in [0.2, 0.25) is 0 Å². The van der Waals surface area contributed by atoms with Gasteiger partial charge in [-0.2, -0.15) is 0 Å². The highest BCUT2D eigenvalue weighted by atomic mass is 32.1. The molecule has 14 heavy (non-hydrogen) atoms. The van der Waals surface area contributed by atoms with E-state index >= 15 is 0 Å². The van der Waals surface area contributed by atoms with Crippen LogP contribution in [0.15, 0.2) is 11.4 Å². The second kappa shape index (κ2) is 3.05. The van der Waals surface area contributed by atoms with Crippen LogP contribution in [0.1, 0.15) is 29.4 Å². The summed E-state index contributed by atoms with van der Waals surface area (Å²) in [4.78, 5) is 1.46. The third-order valence-corrected chi connectivity index (χ3v) is 4.37. The molecule has 1 N–H and O–H groups in total. The Hall–Kier alpha value is -0.380. The molecule has 2 aliphatic rings. The van der Waals surface area contributed by atoms with Gasteiger partial charge >= 0.3 is 0 Å². The third kappa shape index (κ3) is 1.16. The third-order valence-electron chi connectivity index (χ3n) is 3.36. The molecule has 1 saturated carbocycles. The molecule has 1 aliphatic heterocycles. The Bertz CT molecular complexity index is 343. The molecule has 1 aliphatic carbocycles. The summed E-state index contributed by atoms with van der Waals surface area (Å²) < 4.78 is 5.93. The van der Waals surface area contributed by atoms with Crippen LogP contribution in [0.25, 0.3) is 0 Å². The van der Waals surface area contributed by atoms with E-state index in [1.807, 2.05) is 18.4 Å². The summed E-state index contributed by atoms with van der Waals surface area (Å²) >= 11 is 1.85. The molecule has 1 aromatic rings. The summed E-state index contributed by atoms with van der Waals surface area (Å²) in [6.45, 7) is 1.87. The van der Waals surface area contributed by atoms with Crippen LogP contribution in [0.5, 0.6) is 0 Å². The van der Waals surface area contributed by atoms with Crippen molar-refractivity contribution in [3.05, 3.63) is 21.9 Å². The first-order valence-electron chi connectivity index (χ1n) is 5.20. The van der Waals surface area contributed by atoms with E-state index < -0.39 is 0 Å². The summed E-state index contributed by atoms with van der Waals surface area (Å²) in [6, 6.07) is 2.30. The molecule has 3 rings (SSSR count). The van der Waals surface area contributed by atoms with Gasteiger partial charge in [0.25, 0.3) is 0 Å². The molecule has 0 amide bonds. The topological polar surface area (TPSA) is 21.3 Å². The van der Waals surface area contributed by atoms with Crippen molar-refractivity contribution in [2.45, 2.75) is 24.4 Å². The number of rotatable bonds is 2. The summed E-state index contributed by atoms with van der Waals surface area (Å²) in [5.41, 5.74) is 2.01. The molecule has 2 heterocycles. The van der Waals surface area contributed by atoms with E-state index in [4.69, 9.17) is 4.74 Å². The molecule has 1 atom stereocenters. The molecular weight excluding hydrogens is 194 g/mol. The fourth-order valence-electron chi connectivity index (χ4n) is 2.32. The zero-order valence-corrected chi connectivity index (χ0v) is 9.19. The highest BCUT2D eigenvalue weighted by Crippen LogP contribution is 2.55. The number of nitrogens with one attached hydrogen (secondary N) is 1. The quantitative estimate of drug-likeness (QED) is 0.805. The van der Waals surface area contributed by atoms with Crippen LogP contribution in [0.2, 0.25) is 0 Å². The van der Waals surface area contributed by atoms with Crippen LogP contribution in [0.4, 0.5) is 0 Å². The van der Waals surface area contributed by atoms with Gasteiger partial charge in [0.15, 0.2) is 0 Å². The zero-order chi connectivity index (χ0) is 9.60. The normalized spacial score (nSPS) is 27.6. The minimum Gasteiger partial charge on any atom is -0.370 e. The monoisotopic (exact) mass is 209 g/mol. The van der Waals surface area contributed by atoms with E-state index in [1.54, 1.807) is 5.56 Å². The SMILES string of the molecule is CNC[C@H]1OCC2(CC2)c2ccsc21. The van der Waals surface area contributed by atoms with Crippen molar-refractivity contribution in [3.8, 4) is 0 Å². The Kier molecular flexibility index (Phi) is 1.94. The van der Waals surface area contributed by atoms with Crippen molar-refractivity contribution in [2.75, 3.05) is 20.2 Å². The molecule has 0 bridgehead atoms. The van der Waals surface area contributed by atoms with Crippen LogP contribution in [-0.2, 0) is 10.2 Å².